The van der Waals surface area contributed by atoms with Crippen LogP contribution >= 0.6 is 0 Å². The fraction of sp³-hybridized carbons (Fsp3) is 0.660. The fourth-order valence-corrected chi connectivity index (χ4v) is 10.8. The zero-order valence-electron chi connectivity index (χ0n) is 42.1. The first kappa shape index (κ1) is 53.7. The monoisotopic (exact) mass is 968 g/mol. The Balaban J connectivity index is 1.17. The van der Waals surface area contributed by atoms with Crippen molar-refractivity contribution in [2.24, 2.45) is 29.5 Å². The van der Waals surface area contributed by atoms with Gasteiger partial charge in [0.1, 0.15) is 48.8 Å². The van der Waals surface area contributed by atoms with Crippen LogP contribution in [0.4, 0.5) is 9.18 Å². The number of aryl methyl sites for hydroxylation is 1. The number of nitrogens with zero attached hydrogens (tertiary/aromatic N) is 4. The topological polar surface area (TPSA) is 217 Å². The first-order valence-corrected chi connectivity index (χ1v) is 24.0. The van der Waals surface area contributed by atoms with Gasteiger partial charge in [0.25, 0.3) is 0 Å². The Bertz CT molecular complexity index is 2150. The molecule has 5 heterocycles. The quantitative estimate of drug-likeness (QED) is 0.0840. The van der Waals surface area contributed by atoms with Crippen LogP contribution in [-0.2, 0) is 42.8 Å². The van der Waals surface area contributed by atoms with Crippen molar-refractivity contribution < 1.29 is 57.1 Å². The minimum absolute atomic E-state index is 0.0509. The summed E-state index contributed by atoms with van der Waals surface area (Å²) in [6.45, 7) is 15.1. The molecule has 1 amide bonds. The van der Waals surface area contributed by atoms with Crippen LogP contribution in [0.15, 0.2) is 54.5 Å². The summed E-state index contributed by atoms with van der Waals surface area (Å²) in [6, 6.07) is 9.61. The van der Waals surface area contributed by atoms with Crippen LogP contribution in [0, 0.1) is 30.6 Å². The number of pyridine rings is 1. The van der Waals surface area contributed by atoms with Gasteiger partial charge in [-0.25, -0.2) is 20.0 Å². The Morgan fingerprint density at radius 3 is 2.30 bits per heavy atom. The van der Waals surface area contributed by atoms with Crippen molar-refractivity contribution in [1.29, 1.82) is 0 Å². The number of alkyl halides is 1. The maximum Gasteiger partial charge on any atom is 0.425 e. The van der Waals surface area contributed by atoms with Gasteiger partial charge in [0.05, 0.1) is 17.8 Å². The molecule has 0 radical (unpaired) electrons. The van der Waals surface area contributed by atoms with E-state index in [9.17, 15) is 28.7 Å². The number of esters is 1. The summed E-state index contributed by atoms with van der Waals surface area (Å²) in [5.41, 5.74) is 7.88. The van der Waals surface area contributed by atoms with E-state index in [1.807, 2.05) is 74.6 Å². The largest absolute Gasteiger partial charge is 0.458 e. The highest BCUT2D eigenvalue weighted by atomic mass is 19.1. The molecule has 4 aliphatic heterocycles. The van der Waals surface area contributed by atoms with Gasteiger partial charge in [-0.3, -0.25) is 24.4 Å². The number of hydrogen-bond donors (Lipinski definition) is 4. The molecule has 0 saturated carbocycles. The number of methoxy groups -OCH3 is 2. The lowest BCUT2D eigenvalue weighted by atomic mass is 9.73. The van der Waals surface area contributed by atoms with Crippen molar-refractivity contribution in [3.63, 3.8) is 0 Å². The van der Waals surface area contributed by atoms with Crippen LogP contribution in [0.5, 0.6) is 0 Å². The molecule has 1 aromatic carbocycles. The SMILES string of the molecule is CC[C@H]1OC(=O)[C@H](C)C(=O)[C@H](C)[C@@H](O[C@@H]2O[C@H](C)C[C@H](N(C)CCC3=CN([C@H](CF)[C@H](OC)c4ccc(-c5ccc(C)nc5)cc4)NN3)[C@H]2O)[C@](C)(OC)C[C@@H](C)C(=O)[C@H](C)[C@H]2N(N)C(=O)O[C@]12C. The first-order chi connectivity index (χ1) is 32.6. The number of aliphatic hydroxyl groups is 1. The number of ether oxygens (including phenoxy) is 6. The first-order valence-electron chi connectivity index (χ1n) is 24.0. The molecule has 18 nitrogen and oxygen atoms in total. The molecule has 3 saturated heterocycles. The maximum absolute atomic E-state index is 14.9. The predicted molar refractivity (Wildman–Crippen MR) is 253 cm³/mol. The number of benzene rings is 1. The number of fused-ring (bicyclic) bond motifs is 1. The number of aromatic nitrogens is 1. The van der Waals surface area contributed by atoms with Gasteiger partial charge in [0.2, 0.25) is 0 Å². The molecule has 69 heavy (non-hydrogen) atoms. The second-order valence-electron chi connectivity index (χ2n) is 19.8. The summed E-state index contributed by atoms with van der Waals surface area (Å²) in [7, 11) is 4.90. The van der Waals surface area contributed by atoms with Crippen LogP contribution in [0.3, 0.4) is 0 Å². The Labute approximate surface area is 405 Å². The molecule has 0 unspecified atom stereocenters. The van der Waals surface area contributed by atoms with Gasteiger partial charge in [-0.1, -0.05) is 58.0 Å². The molecule has 0 aliphatic carbocycles. The molecule has 3 fully saturated rings. The molecule has 1 aromatic heterocycles. The van der Waals surface area contributed by atoms with Gasteiger partial charge in [-0.15, -0.1) is 5.53 Å². The molecule has 382 valence electrons. The van der Waals surface area contributed by atoms with Gasteiger partial charge >= 0.3 is 12.1 Å². The molecule has 19 heteroatoms. The smallest absolute Gasteiger partial charge is 0.425 e. The molecule has 5 N–H and O–H groups in total. The molecule has 2 aromatic rings. The lowest BCUT2D eigenvalue weighted by Gasteiger charge is -2.47. The van der Waals surface area contributed by atoms with Crippen molar-refractivity contribution in [1.82, 2.24) is 30.9 Å². The average molecular weight is 968 g/mol. The van der Waals surface area contributed by atoms with E-state index in [2.05, 4.69) is 15.9 Å². The Kier molecular flexibility index (Phi) is 17.3. The Morgan fingerprint density at radius 1 is 1.01 bits per heavy atom. The van der Waals surface area contributed by atoms with E-state index in [4.69, 9.17) is 34.3 Å². The summed E-state index contributed by atoms with van der Waals surface area (Å²) in [6.07, 6.45) is -1.66. The summed E-state index contributed by atoms with van der Waals surface area (Å²) in [5.74, 6) is 0.713. The number of Topliss-reactive ketones (excluding diaryl/α,β-unsaturated/α-hetero) is 2. The minimum atomic E-state index is -1.50. The number of nitrogens with one attached hydrogen (secondary N) is 2. The third-order valence-corrected chi connectivity index (χ3v) is 15.0. The van der Waals surface area contributed by atoms with Crippen molar-refractivity contribution in [3.8, 4) is 11.1 Å². The zero-order chi connectivity index (χ0) is 50.7. The number of ketones is 2. The number of nitrogens with two attached hydrogens (primary N) is 1. The lowest BCUT2D eigenvalue weighted by molar-refractivity contribution is -0.296. The number of carbonyl (C=O) groups is 4. The van der Waals surface area contributed by atoms with Crippen molar-refractivity contribution in [2.75, 3.05) is 34.5 Å². The number of likely N-dealkylation sites (N-methyl/N-ethyl adjacent to an activating group) is 1. The van der Waals surface area contributed by atoms with Gasteiger partial charge in [0.15, 0.2) is 17.7 Å². The third-order valence-electron chi connectivity index (χ3n) is 15.0. The van der Waals surface area contributed by atoms with Crippen molar-refractivity contribution in [2.45, 2.75) is 154 Å². The number of hydrazine groups is 3. The summed E-state index contributed by atoms with van der Waals surface area (Å²) in [5, 5.41) is 14.6. The van der Waals surface area contributed by atoms with E-state index in [1.165, 1.54) is 14.0 Å². The van der Waals surface area contributed by atoms with Crippen LogP contribution in [0.2, 0.25) is 0 Å². The molecule has 4 aliphatic rings. The maximum atomic E-state index is 14.9. The van der Waals surface area contributed by atoms with Crippen molar-refractivity contribution >= 4 is 23.6 Å². The van der Waals surface area contributed by atoms with E-state index < -0.39 is 114 Å². The number of amides is 1. The number of hydrogen-bond acceptors (Lipinski definition) is 17. The van der Waals surface area contributed by atoms with E-state index >= 15 is 0 Å². The molecular weight excluding hydrogens is 894 g/mol. The minimum Gasteiger partial charge on any atom is -0.458 e. The van der Waals surface area contributed by atoms with Crippen molar-refractivity contribution in [3.05, 3.63) is 65.7 Å². The second-order valence-corrected chi connectivity index (χ2v) is 19.8. The van der Waals surface area contributed by atoms with Gasteiger partial charge in [0, 0.05) is 80.3 Å². The number of halogens is 1. The van der Waals surface area contributed by atoms with E-state index in [0.717, 1.165) is 33.1 Å². The standard InChI is InChI=1S/C50H74FN7O11/c1-13-39-50(9)44(58(52)48(63)69-50)30(5)40(59)27(2)23-49(8,65-12)45(31(6)41(60)32(7)46(62)67-39)68-47-42(61)37(22-29(4)66-47)56(10)21-20-36-26-57(55-54-36)38(24-51)43(64-11)34-18-16-33(17-19-34)35-15-14-28(3)53-25-35/h14-19,25-27,29-32,37-39,42-45,47,54-55,61H,13,20-24,52H2,1-12H3/t27-,29-,30+,31+,32-,37+,38-,39-,42-,43-,44-,45-,47+,49-,50-/m1/s1. The zero-order valence-corrected chi connectivity index (χ0v) is 42.1. The van der Waals surface area contributed by atoms with E-state index in [1.54, 1.807) is 53.7 Å². The number of aliphatic hydroxyl groups excluding tert-OH is 1. The Morgan fingerprint density at radius 2 is 1.70 bits per heavy atom. The summed E-state index contributed by atoms with van der Waals surface area (Å²) in [4.78, 5) is 62.0. The summed E-state index contributed by atoms with van der Waals surface area (Å²) < 4.78 is 51.7. The van der Waals surface area contributed by atoms with E-state index in [-0.39, 0.29) is 18.6 Å². The molecule has 0 bridgehead atoms. The highest BCUT2D eigenvalue weighted by molar-refractivity contribution is 6.00. The van der Waals surface area contributed by atoms with Crippen LogP contribution < -0.4 is 16.8 Å². The van der Waals surface area contributed by atoms with Crippen LogP contribution in [0.1, 0.15) is 98.4 Å². The van der Waals surface area contributed by atoms with Gasteiger partial charge in [-0.05, 0) is 78.1 Å². The molecular formula is C50H74FN7O11. The fourth-order valence-electron chi connectivity index (χ4n) is 10.8. The third kappa shape index (κ3) is 11.2. The van der Waals surface area contributed by atoms with Crippen LogP contribution in [0.25, 0.3) is 11.1 Å². The number of carbonyl (C=O) groups excluding carboxylic acids is 4. The number of cyclic esters (lactones) is 1. The highest BCUT2D eigenvalue weighted by Crippen LogP contribution is 2.42. The molecule has 6 rings (SSSR count). The van der Waals surface area contributed by atoms with E-state index in [0.29, 0.717) is 19.4 Å². The highest BCUT2D eigenvalue weighted by Gasteiger charge is 2.60. The normalized spacial score (nSPS) is 34.7. The molecule has 0 spiro atoms. The van der Waals surface area contributed by atoms with Gasteiger partial charge < -0.3 is 43.9 Å². The van der Waals surface area contributed by atoms with Gasteiger partial charge in [-0.2, -0.15) is 0 Å². The lowest BCUT2D eigenvalue weighted by Crippen LogP contribution is -2.61. The van der Waals surface area contributed by atoms with Crippen LogP contribution in [-0.4, -0.2) is 143 Å². The molecule has 15 atom stereocenters. The summed E-state index contributed by atoms with van der Waals surface area (Å²) >= 11 is 0. The average Bonchev–Trinajstić information content (AvgIpc) is 3.90. The second kappa shape index (κ2) is 22.2. The predicted octanol–water partition coefficient (Wildman–Crippen LogP) is 5.09. The Hall–Kier alpha value is -4.60. The number of rotatable bonds is 14.